The van der Waals surface area contributed by atoms with Crippen LogP contribution in [0.15, 0.2) is 65.6 Å². The van der Waals surface area contributed by atoms with Crippen LogP contribution in [-0.4, -0.2) is 25.9 Å². The molecule has 0 aliphatic heterocycles. The van der Waals surface area contributed by atoms with Gasteiger partial charge in [-0.2, -0.15) is 0 Å². The van der Waals surface area contributed by atoms with Crippen molar-refractivity contribution in [2.75, 3.05) is 11.8 Å². The smallest absolute Gasteiger partial charge is 0.261 e. The molecule has 4 aromatic rings. The maximum atomic E-state index is 13.0. The van der Waals surface area contributed by atoms with E-state index in [1.165, 1.54) is 26.2 Å². The van der Waals surface area contributed by atoms with E-state index < -0.39 is 10.0 Å². The lowest BCUT2D eigenvalue weighted by Crippen LogP contribution is -2.13. The summed E-state index contributed by atoms with van der Waals surface area (Å²) in [6.07, 6.45) is 0. The maximum Gasteiger partial charge on any atom is 0.261 e. The molecule has 1 heterocycles. The van der Waals surface area contributed by atoms with Crippen molar-refractivity contribution in [2.45, 2.75) is 32.6 Å². The third-order valence-corrected chi connectivity index (χ3v) is 7.19. The monoisotopic (exact) mass is 462 g/mol. The van der Waals surface area contributed by atoms with Crippen molar-refractivity contribution in [3.8, 4) is 11.4 Å². The van der Waals surface area contributed by atoms with Gasteiger partial charge in [-0.15, -0.1) is 0 Å². The molecule has 0 bridgehead atoms. The van der Waals surface area contributed by atoms with Gasteiger partial charge in [0, 0.05) is 22.3 Å². The average Bonchev–Trinajstić information content (AvgIpc) is 3.05. The Morgan fingerprint density at radius 1 is 0.939 bits per heavy atom. The molecule has 0 atom stereocenters. The van der Waals surface area contributed by atoms with Gasteiger partial charge in [0.25, 0.3) is 10.0 Å². The normalized spacial score (nSPS) is 11.5. The summed E-state index contributed by atoms with van der Waals surface area (Å²) < 4.78 is 35.9. The van der Waals surface area contributed by atoms with Crippen LogP contribution in [-0.2, 0) is 10.0 Å². The number of anilines is 1. The molecule has 1 N–H and O–H groups in total. The molecule has 170 valence electrons. The van der Waals surface area contributed by atoms with Crippen LogP contribution in [0.2, 0.25) is 0 Å². The lowest BCUT2D eigenvalue weighted by atomic mass is 10.1. The van der Waals surface area contributed by atoms with E-state index in [1.807, 2.05) is 55.7 Å². The summed E-state index contributed by atoms with van der Waals surface area (Å²) >= 11 is 0. The highest BCUT2D eigenvalue weighted by atomic mass is 32.2. The molecule has 0 saturated heterocycles. The minimum Gasteiger partial charge on any atom is -0.497 e. The van der Waals surface area contributed by atoms with Crippen molar-refractivity contribution >= 4 is 32.4 Å². The van der Waals surface area contributed by atoms with Gasteiger partial charge >= 0.3 is 0 Å². The second-order valence-electron chi connectivity index (χ2n) is 8.15. The van der Waals surface area contributed by atoms with Crippen LogP contribution in [0.25, 0.3) is 16.6 Å². The number of fused-ring (bicyclic) bond motifs is 1. The van der Waals surface area contributed by atoms with Crippen LogP contribution < -0.4 is 9.46 Å². The topological polar surface area (TPSA) is 77.4 Å². The summed E-state index contributed by atoms with van der Waals surface area (Å²) in [5.41, 5.74) is 5.52. The number of carbonyl (C=O) groups is 1. The third-order valence-electron chi connectivity index (χ3n) is 5.81. The fraction of sp³-hybridized carbons (Fsp3) is 0.192. The number of hydrogen-bond acceptors (Lipinski definition) is 4. The van der Waals surface area contributed by atoms with Crippen LogP contribution in [0.5, 0.6) is 5.75 Å². The van der Waals surface area contributed by atoms with E-state index in [9.17, 15) is 13.2 Å². The lowest BCUT2D eigenvalue weighted by Gasteiger charge is -2.13. The van der Waals surface area contributed by atoms with Crippen molar-refractivity contribution in [2.24, 2.45) is 0 Å². The van der Waals surface area contributed by atoms with Crippen LogP contribution in [0.4, 0.5) is 5.69 Å². The highest BCUT2D eigenvalue weighted by molar-refractivity contribution is 7.92. The van der Waals surface area contributed by atoms with Gasteiger partial charge in [-0.3, -0.25) is 9.52 Å². The van der Waals surface area contributed by atoms with Gasteiger partial charge in [0.15, 0.2) is 5.78 Å². The van der Waals surface area contributed by atoms with Gasteiger partial charge in [0.2, 0.25) is 0 Å². The number of hydrogen-bond donors (Lipinski definition) is 1. The van der Waals surface area contributed by atoms with E-state index in [-0.39, 0.29) is 10.7 Å². The number of rotatable bonds is 6. The molecule has 0 aliphatic rings. The molecule has 0 unspecified atom stereocenters. The molecule has 1 aromatic heterocycles. The van der Waals surface area contributed by atoms with Crippen molar-refractivity contribution in [3.05, 3.63) is 83.0 Å². The molecule has 0 radical (unpaired) electrons. The predicted molar refractivity (Wildman–Crippen MR) is 131 cm³/mol. The Balaban J connectivity index is 1.86. The summed E-state index contributed by atoms with van der Waals surface area (Å²) in [6.45, 7) is 7.31. The molecule has 0 amide bonds. The number of Topliss-reactive ketones (excluding diaryl/α,β-unsaturated/α-hetero) is 1. The molecule has 4 rings (SSSR count). The molecule has 3 aromatic carbocycles. The Morgan fingerprint density at radius 3 is 2.15 bits per heavy atom. The number of sulfonamides is 1. The van der Waals surface area contributed by atoms with Gasteiger partial charge in [0.05, 0.1) is 23.2 Å². The molecule has 6 nitrogen and oxygen atoms in total. The van der Waals surface area contributed by atoms with E-state index in [0.29, 0.717) is 22.4 Å². The zero-order valence-electron chi connectivity index (χ0n) is 19.3. The molecular weight excluding hydrogens is 436 g/mol. The van der Waals surface area contributed by atoms with E-state index >= 15 is 0 Å². The zero-order valence-corrected chi connectivity index (χ0v) is 20.1. The summed E-state index contributed by atoms with van der Waals surface area (Å²) in [5.74, 6) is 0.502. The van der Waals surface area contributed by atoms with Gasteiger partial charge in [-0.25, -0.2) is 8.42 Å². The Hall–Kier alpha value is -3.58. The molecular formula is C26H26N2O4S. The number of benzene rings is 3. The second kappa shape index (κ2) is 8.41. The minimum absolute atomic E-state index is 0.0730. The zero-order chi connectivity index (χ0) is 23.9. The van der Waals surface area contributed by atoms with Crippen molar-refractivity contribution in [1.82, 2.24) is 4.57 Å². The number of ether oxygens (including phenoxy) is 1. The first-order chi connectivity index (χ1) is 15.6. The van der Waals surface area contributed by atoms with E-state index in [2.05, 4.69) is 4.72 Å². The number of nitrogens with zero attached hydrogens (tertiary/aromatic N) is 1. The Bertz CT molecular complexity index is 1470. The number of ketones is 1. The summed E-state index contributed by atoms with van der Waals surface area (Å²) in [6, 6.07) is 17.9. The average molecular weight is 463 g/mol. The van der Waals surface area contributed by atoms with E-state index in [1.54, 1.807) is 18.2 Å². The third kappa shape index (κ3) is 4.12. The molecule has 0 spiro atoms. The first-order valence-corrected chi connectivity index (χ1v) is 12.0. The fourth-order valence-electron chi connectivity index (χ4n) is 4.10. The molecule has 33 heavy (non-hydrogen) atoms. The Kier molecular flexibility index (Phi) is 5.76. The molecule has 0 aliphatic carbocycles. The SMILES string of the molecule is COc1ccc(S(=O)(=O)Nc2cc3c(C(C)=O)c(C)n(-c4ccc(C)cc4)c3cc2C)cc1. The number of carbonyl (C=O) groups excluding carboxylic acids is 1. The fourth-order valence-corrected chi connectivity index (χ4v) is 5.23. The molecule has 0 saturated carbocycles. The van der Waals surface area contributed by atoms with Crippen LogP contribution >= 0.6 is 0 Å². The van der Waals surface area contributed by atoms with Crippen LogP contribution in [0.3, 0.4) is 0 Å². The van der Waals surface area contributed by atoms with Crippen molar-refractivity contribution in [3.63, 3.8) is 0 Å². The van der Waals surface area contributed by atoms with Crippen LogP contribution in [0.1, 0.15) is 34.1 Å². The Labute approximate surface area is 193 Å². The summed E-state index contributed by atoms with van der Waals surface area (Å²) in [7, 11) is -2.29. The van der Waals surface area contributed by atoms with Crippen molar-refractivity contribution in [1.29, 1.82) is 0 Å². The first-order valence-electron chi connectivity index (χ1n) is 10.5. The standard InChI is InChI=1S/C26H26N2O4S/c1-16-6-8-20(9-7-16)28-18(3)26(19(4)29)23-15-24(17(2)14-25(23)28)27-33(30,31)22-12-10-21(32-5)11-13-22/h6-15,27H,1-5H3. The highest BCUT2D eigenvalue weighted by Crippen LogP contribution is 2.34. The first kappa shape index (κ1) is 22.6. The summed E-state index contributed by atoms with van der Waals surface area (Å²) in [4.78, 5) is 12.7. The van der Waals surface area contributed by atoms with Gasteiger partial charge < -0.3 is 9.30 Å². The Morgan fingerprint density at radius 2 is 1.58 bits per heavy atom. The molecule has 0 fully saturated rings. The van der Waals surface area contributed by atoms with Crippen molar-refractivity contribution < 1.29 is 17.9 Å². The number of aromatic nitrogens is 1. The quantitative estimate of drug-likeness (QED) is 0.380. The lowest BCUT2D eigenvalue weighted by molar-refractivity contribution is 0.101. The van der Waals surface area contributed by atoms with Gasteiger partial charge in [0.1, 0.15) is 5.75 Å². The maximum absolute atomic E-state index is 13.0. The summed E-state index contributed by atoms with van der Waals surface area (Å²) in [5, 5.41) is 0.707. The van der Waals surface area contributed by atoms with Gasteiger partial charge in [-0.1, -0.05) is 17.7 Å². The number of methoxy groups -OCH3 is 1. The van der Waals surface area contributed by atoms with Crippen LogP contribution in [0, 0.1) is 20.8 Å². The number of aryl methyl sites for hydroxylation is 2. The largest absolute Gasteiger partial charge is 0.497 e. The van der Waals surface area contributed by atoms with E-state index in [0.717, 1.165) is 28.0 Å². The predicted octanol–water partition coefficient (Wildman–Crippen LogP) is 5.57. The molecule has 7 heteroatoms. The minimum atomic E-state index is -3.82. The van der Waals surface area contributed by atoms with E-state index in [4.69, 9.17) is 4.74 Å². The number of nitrogens with one attached hydrogen (secondary N) is 1. The second-order valence-corrected chi connectivity index (χ2v) is 9.84. The van der Waals surface area contributed by atoms with Gasteiger partial charge in [-0.05, 0) is 81.8 Å². The highest BCUT2D eigenvalue weighted by Gasteiger charge is 2.22.